The molecule has 0 aliphatic carbocycles. The SMILES string of the molecule is CNC(=O)CCNc1nc2ccccc2c(=O)[nH]1. The molecule has 0 atom stereocenters. The van der Waals surface area contributed by atoms with Crippen molar-refractivity contribution in [2.24, 2.45) is 0 Å². The topological polar surface area (TPSA) is 86.9 Å². The predicted molar refractivity (Wildman–Crippen MR) is 69.5 cm³/mol. The van der Waals surface area contributed by atoms with Gasteiger partial charge in [0.2, 0.25) is 11.9 Å². The molecule has 1 aromatic carbocycles. The van der Waals surface area contributed by atoms with Crippen LogP contribution in [-0.4, -0.2) is 29.5 Å². The van der Waals surface area contributed by atoms with Crippen molar-refractivity contribution >= 4 is 22.8 Å². The summed E-state index contributed by atoms with van der Waals surface area (Å²) in [5.41, 5.74) is 0.437. The first-order chi connectivity index (χ1) is 8.70. The Kier molecular flexibility index (Phi) is 3.57. The van der Waals surface area contributed by atoms with Crippen LogP contribution in [0, 0.1) is 0 Å². The van der Waals surface area contributed by atoms with Gasteiger partial charge in [-0.05, 0) is 12.1 Å². The van der Waals surface area contributed by atoms with Crippen molar-refractivity contribution in [3.8, 4) is 0 Å². The summed E-state index contributed by atoms with van der Waals surface area (Å²) in [4.78, 5) is 29.7. The number of benzene rings is 1. The number of rotatable bonds is 4. The van der Waals surface area contributed by atoms with E-state index in [-0.39, 0.29) is 11.5 Å². The Morgan fingerprint density at radius 2 is 2.17 bits per heavy atom. The molecule has 18 heavy (non-hydrogen) atoms. The number of H-pyrrole nitrogens is 1. The highest BCUT2D eigenvalue weighted by Gasteiger charge is 2.03. The number of fused-ring (bicyclic) bond motifs is 1. The molecule has 0 aliphatic rings. The number of nitrogens with one attached hydrogen (secondary N) is 3. The standard InChI is InChI=1S/C12H14N4O2/c1-13-10(17)6-7-14-12-15-9-5-3-2-4-8(9)11(18)16-12/h2-5H,6-7H2,1H3,(H,13,17)(H2,14,15,16,18). The minimum atomic E-state index is -0.192. The third-order valence-corrected chi connectivity index (χ3v) is 2.54. The molecular weight excluding hydrogens is 232 g/mol. The van der Waals surface area contributed by atoms with E-state index in [0.29, 0.717) is 29.8 Å². The van der Waals surface area contributed by atoms with Crippen LogP contribution in [0.1, 0.15) is 6.42 Å². The predicted octanol–water partition coefficient (Wildman–Crippen LogP) is 0.471. The number of aromatic amines is 1. The van der Waals surface area contributed by atoms with E-state index in [9.17, 15) is 9.59 Å². The Morgan fingerprint density at radius 1 is 1.39 bits per heavy atom. The lowest BCUT2D eigenvalue weighted by atomic mass is 10.2. The number of hydrogen-bond acceptors (Lipinski definition) is 4. The molecule has 1 aromatic heterocycles. The van der Waals surface area contributed by atoms with Gasteiger partial charge in [-0.3, -0.25) is 14.6 Å². The maximum atomic E-state index is 11.7. The molecule has 0 aliphatic heterocycles. The molecule has 2 aromatic rings. The van der Waals surface area contributed by atoms with E-state index < -0.39 is 0 Å². The number of nitrogens with zero attached hydrogens (tertiary/aromatic N) is 1. The fourth-order valence-electron chi connectivity index (χ4n) is 1.59. The van der Waals surface area contributed by atoms with E-state index in [4.69, 9.17) is 0 Å². The molecule has 3 N–H and O–H groups in total. The number of anilines is 1. The molecule has 0 fully saturated rings. The average Bonchev–Trinajstić information content (AvgIpc) is 2.38. The number of carbonyl (C=O) groups is 1. The highest BCUT2D eigenvalue weighted by atomic mass is 16.1. The number of para-hydroxylation sites is 1. The first-order valence-electron chi connectivity index (χ1n) is 5.64. The second-order valence-electron chi connectivity index (χ2n) is 3.78. The molecule has 1 amide bonds. The van der Waals surface area contributed by atoms with Crippen LogP contribution in [0.5, 0.6) is 0 Å². The minimum Gasteiger partial charge on any atom is -0.359 e. The number of hydrogen-bond donors (Lipinski definition) is 3. The summed E-state index contributed by atoms with van der Waals surface area (Å²) in [6, 6.07) is 7.10. The van der Waals surface area contributed by atoms with Crippen molar-refractivity contribution < 1.29 is 4.79 Å². The van der Waals surface area contributed by atoms with Crippen LogP contribution in [0.2, 0.25) is 0 Å². The Morgan fingerprint density at radius 3 is 2.94 bits per heavy atom. The first kappa shape index (κ1) is 12.1. The van der Waals surface area contributed by atoms with Crippen molar-refractivity contribution in [2.75, 3.05) is 18.9 Å². The zero-order valence-corrected chi connectivity index (χ0v) is 9.99. The molecular formula is C12H14N4O2. The first-order valence-corrected chi connectivity index (χ1v) is 5.64. The quantitative estimate of drug-likeness (QED) is 0.732. The van der Waals surface area contributed by atoms with Crippen LogP contribution in [0.4, 0.5) is 5.95 Å². The molecule has 0 saturated heterocycles. The molecule has 0 spiro atoms. The van der Waals surface area contributed by atoms with Crippen molar-refractivity contribution in [1.29, 1.82) is 0 Å². The average molecular weight is 246 g/mol. The largest absolute Gasteiger partial charge is 0.359 e. The Bertz CT molecular complexity index is 621. The highest BCUT2D eigenvalue weighted by Crippen LogP contribution is 2.07. The summed E-state index contributed by atoms with van der Waals surface area (Å²) in [5, 5.41) is 5.99. The van der Waals surface area contributed by atoms with Gasteiger partial charge in [0.1, 0.15) is 0 Å². The molecule has 0 radical (unpaired) electrons. The van der Waals surface area contributed by atoms with Gasteiger partial charge in [-0.1, -0.05) is 12.1 Å². The van der Waals surface area contributed by atoms with Gasteiger partial charge in [0, 0.05) is 20.0 Å². The number of amides is 1. The second-order valence-corrected chi connectivity index (χ2v) is 3.78. The van der Waals surface area contributed by atoms with Crippen LogP contribution in [0.25, 0.3) is 10.9 Å². The van der Waals surface area contributed by atoms with Crippen molar-refractivity contribution in [3.63, 3.8) is 0 Å². The van der Waals surface area contributed by atoms with Gasteiger partial charge in [-0.25, -0.2) is 4.98 Å². The Balaban J connectivity index is 2.15. The van der Waals surface area contributed by atoms with E-state index in [2.05, 4.69) is 20.6 Å². The van der Waals surface area contributed by atoms with Crippen LogP contribution in [-0.2, 0) is 4.79 Å². The van der Waals surface area contributed by atoms with E-state index in [1.807, 2.05) is 6.07 Å². The number of carbonyl (C=O) groups excluding carboxylic acids is 1. The van der Waals surface area contributed by atoms with Gasteiger partial charge in [-0.15, -0.1) is 0 Å². The number of aromatic nitrogens is 2. The maximum absolute atomic E-state index is 11.7. The molecule has 6 heteroatoms. The van der Waals surface area contributed by atoms with Gasteiger partial charge in [-0.2, -0.15) is 0 Å². The molecule has 0 saturated carbocycles. The fourth-order valence-corrected chi connectivity index (χ4v) is 1.59. The fraction of sp³-hybridized carbons (Fsp3) is 0.250. The van der Waals surface area contributed by atoms with Crippen LogP contribution in [0.3, 0.4) is 0 Å². The van der Waals surface area contributed by atoms with Crippen molar-refractivity contribution in [1.82, 2.24) is 15.3 Å². The maximum Gasteiger partial charge on any atom is 0.260 e. The van der Waals surface area contributed by atoms with E-state index >= 15 is 0 Å². The van der Waals surface area contributed by atoms with E-state index in [1.54, 1.807) is 25.2 Å². The third kappa shape index (κ3) is 2.65. The zero-order chi connectivity index (χ0) is 13.0. The monoisotopic (exact) mass is 246 g/mol. The second kappa shape index (κ2) is 5.31. The molecule has 2 rings (SSSR count). The lowest BCUT2D eigenvalue weighted by Gasteiger charge is -2.05. The summed E-state index contributed by atoms with van der Waals surface area (Å²) < 4.78 is 0. The molecule has 0 unspecified atom stereocenters. The van der Waals surface area contributed by atoms with Gasteiger partial charge in [0.15, 0.2) is 0 Å². The van der Waals surface area contributed by atoms with E-state index in [0.717, 1.165) is 0 Å². The molecule has 0 bridgehead atoms. The van der Waals surface area contributed by atoms with Crippen LogP contribution in [0.15, 0.2) is 29.1 Å². The smallest absolute Gasteiger partial charge is 0.260 e. The van der Waals surface area contributed by atoms with Crippen LogP contribution >= 0.6 is 0 Å². The summed E-state index contributed by atoms with van der Waals surface area (Å²) in [6.07, 6.45) is 0.326. The molecule has 6 nitrogen and oxygen atoms in total. The summed E-state index contributed by atoms with van der Waals surface area (Å²) >= 11 is 0. The minimum absolute atomic E-state index is 0.0642. The Hall–Kier alpha value is -2.37. The molecule has 94 valence electrons. The zero-order valence-electron chi connectivity index (χ0n) is 9.99. The van der Waals surface area contributed by atoms with Crippen LogP contribution < -0.4 is 16.2 Å². The van der Waals surface area contributed by atoms with Gasteiger partial charge in [0.05, 0.1) is 10.9 Å². The highest BCUT2D eigenvalue weighted by molar-refractivity contribution is 5.78. The van der Waals surface area contributed by atoms with Crippen molar-refractivity contribution in [2.45, 2.75) is 6.42 Å². The third-order valence-electron chi connectivity index (χ3n) is 2.54. The summed E-state index contributed by atoms with van der Waals surface area (Å²) in [5.74, 6) is 0.313. The van der Waals surface area contributed by atoms with Gasteiger partial charge >= 0.3 is 0 Å². The normalized spacial score (nSPS) is 10.3. The van der Waals surface area contributed by atoms with Crippen molar-refractivity contribution in [3.05, 3.63) is 34.6 Å². The van der Waals surface area contributed by atoms with Gasteiger partial charge in [0.25, 0.3) is 5.56 Å². The van der Waals surface area contributed by atoms with Gasteiger partial charge < -0.3 is 10.6 Å². The molecule has 1 heterocycles. The lowest BCUT2D eigenvalue weighted by Crippen LogP contribution is -2.22. The lowest BCUT2D eigenvalue weighted by molar-refractivity contribution is -0.120. The van der Waals surface area contributed by atoms with E-state index in [1.165, 1.54) is 0 Å². The Labute approximate surface area is 103 Å². The summed E-state index contributed by atoms with van der Waals surface area (Å²) in [6.45, 7) is 0.418. The summed E-state index contributed by atoms with van der Waals surface area (Å²) in [7, 11) is 1.58.